The van der Waals surface area contributed by atoms with Crippen molar-refractivity contribution in [2.75, 3.05) is 57.9 Å². The quantitative estimate of drug-likeness (QED) is 0.794. The monoisotopic (exact) mass is 439 g/mol. The number of rotatable bonds is 4. The summed E-state index contributed by atoms with van der Waals surface area (Å²) < 4.78 is 19.9. The van der Waals surface area contributed by atoms with Gasteiger partial charge in [-0.2, -0.15) is 0 Å². The van der Waals surface area contributed by atoms with Gasteiger partial charge in [0, 0.05) is 43.9 Å². The summed E-state index contributed by atoms with van der Waals surface area (Å²) >= 11 is 0. The number of likely N-dealkylation sites (tertiary alicyclic amines) is 1. The van der Waals surface area contributed by atoms with Crippen molar-refractivity contribution in [3.8, 4) is 11.1 Å². The number of benzene rings is 2. The summed E-state index contributed by atoms with van der Waals surface area (Å²) in [5.41, 5.74) is 3.40. The Balaban J connectivity index is 1.51. The lowest BCUT2D eigenvalue weighted by molar-refractivity contribution is -0.135. The zero-order chi connectivity index (χ0) is 22.2. The molecule has 1 N–H and O–H groups in total. The molecule has 0 aliphatic carbocycles. The van der Waals surface area contributed by atoms with Crippen LogP contribution < -0.4 is 4.90 Å². The molecule has 3 heterocycles. The second-order valence-electron chi connectivity index (χ2n) is 8.99. The van der Waals surface area contributed by atoms with Gasteiger partial charge in [-0.1, -0.05) is 24.3 Å². The summed E-state index contributed by atoms with van der Waals surface area (Å²) in [5.74, 6) is -0.00188. The first-order chi connectivity index (χ1) is 15.6. The fourth-order valence-electron chi connectivity index (χ4n) is 5.64. The number of morpholine rings is 1. The molecule has 2 fully saturated rings. The Morgan fingerprint density at radius 3 is 2.69 bits per heavy atom. The molecule has 3 atom stereocenters. The van der Waals surface area contributed by atoms with Crippen LogP contribution in [-0.4, -0.2) is 79.9 Å². The van der Waals surface area contributed by atoms with Gasteiger partial charge in [0.1, 0.15) is 5.82 Å². The van der Waals surface area contributed by atoms with Gasteiger partial charge < -0.3 is 19.6 Å². The van der Waals surface area contributed by atoms with Crippen LogP contribution in [0.4, 0.5) is 10.1 Å². The number of carbonyl (C=O) groups is 1. The number of aliphatic hydroxyl groups is 1. The van der Waals surface area contributed by atoms with Crippen LogP contribution in [0.15, 0.2) is 42.5 Å². The van der Waals surface area contributed by atoms with Gasteiger partial charge in [0.05, 0.1) is 38.4 Å². The first-order valence-electron chi connectivity index (χ1n) is 11.4. The molecule has 0 radical (unpaired) electrons. The topological polar surface area (TPSA) is 56.2 Å². The summed E-state index contributed by atoms with van der Waals surface area (Å²) in [4.78, 5) is 19.6. The number of anilines is 1. The average molecular weight is 440 g/mol. The Hall–Kier alpha value is -2.48. The molecule has 170 valence electrons. The molecule has 0 unspecified atom stereocenters. The van der Waals surface area contributed by atoms with Gasteiger partial charge >= 0.3 is 0 Å². The standard InChI is InChI=1S/C25H30FN3O3/c1-27-22-7-6-17(18-4-2-3-5-21(18)26)14-20(22)25-19(23(27)16-30)8-9-29(25)24(31)15-28-10-12-32-13-11-28/h2-7,14,19,23,25,30H,8-13,15-16H2,1H3/t19-,23-,25-/m1/s1. The van der Waals surface area contributed by atoms with Crippen molar-refractivity contribution in [3.63, 3.8) is 0 Å². The average Bonchev–Trinajstić information content (AvgIpc) is 3.25. The minimum absolute atomic E-state index is 0.0394. The lowest BCUT2D eigenvalue weighted by Gasteiger charge is -2.45. The van der Waals surface area contributed by atoms with Crippen LogP contribution in [-0.2, 0) is 9.53 Å². The number of likely N-dealkylation sites (N-methyl/N-ethyl adjacent to an activating group) is 1. The Bertz CT molecular complexity index is 994. The van der Waals surface area contributed by atoms with E-state index in [4.69, 9.17) is 4.74 Å². The van der Waals surface area contributed by atoms with Gasteiger partial charge in [0.2, 0.25) is 5.91 Å². The third-order valence-corrected chi connectivity index (χ3v) is 7.32. The molecule has 32 heavy (non-hydrogen) atoms. The maximum atomic E-state index is 14.5. The zero-order valence-corrected chi connectivity index (χ0v) is 18.4. The Morgan fingerprint density at radius 1 is 1.16 bits per heavy atom. The van der Waals surface area contributed by atoms with E-state index < -0.39 is 0 Å². The van der Waals surface area contributed by atoms with Crippen LogP contribution in [0, 0.1) is 11.7 Å². The number of hydrogen-bond acceptors (Lipinski definition) is 5. The molecule has 1 amide bonds. The number of aliphatic hydroxyl groups excluding tert-OH is 1. The van der Waals surface area contributed by atoms with Gasteiger partial charge in [-0.25, -0.2) is 4.39 Å². The summed E-state index contributed by atoms with van der Waals surface area (Å²) in [7, 11) is 2.00. The maximum Gasteiger partial charge on any atom is 0.237 e. The van der Waals surface area contributed by atoms with E-state index in [0.717, 1.165) is 36.3 Å². The van der Waals surface area contributed by atoms with E-state index in [1.807, 2.05) is 36.2 Å². The SMILES string of the molecule is CN1c2ccc(-c3ccccc3F)cc2[C@H]2[C@H](CCN2C(=O)CN2CCOCC2)[C@H]1CO. The molecule has 2 aromatic rings. The zero-order valence-electron chi connectivity index (χ0n) is 18.4. The summed E-state index contributed by atoms with van der Waals surface area (Å²) in [6.45, 7) is 3.95. The Morgan fingerprint density at radius 2 is 1.94 bits per heavy atom. The predicted octanol–water partition coefficient (Wildman–Crippen LogP) is 2.53. The molecule has 3 aliphatic heterocycles. The van der Waals surface area contributed by atoms with Crippen molar-refractivity contribution >= 4 is 11.6 Å². The Kier molecular flexibility index (Phi) is 5.88. The molecule has 2 aromatic carbocycles. The fourth-order valence-corrected chi connectivity index (χ4v) is 5.64. The number of halogens is 1. The minimum atomic E-state index is -0.256. The highest BCUT2D eigenvalue weighted by Gasteiger charge is 2.47. The Labute approximate surface area is 188 Å². The molecule has 5 rings (SSSR count). The molecule has 0 aromatic heterocycles. The molecule has 6 nitrogen and oxygen atoms in total. The lowest BCUT2D eigenvalue weighted by atomic mass is 9.81. The fraction of sp³-hybridized carbons (Fsp3) is 0.480. The van der Waals surface area contributed by atoms with Crippen LogP contribution >= 0.6 is 0 Å². The molecular formula is C25H30FN3O3. The summed E-state index contributed by atoms with van der Waals surface area (Å²) in [5, 5.41) is 10.2. The van der Waals surface area contributed by atoms with E-state index in [9.17, 15) is 14.3 Å². The third-order valence-electron chi connectivity index (χ3n) is 7.32. The van der Waals surface area contributed by atoms with E-state index in [-0.39, 0.29) is 36.3 Å². The van der Waals surface area contributed by atoms with Crippen molar-refractivity contribution < 1.29 is 19.0 Å². The minimum Gasteiger partial charge on any atom is -0.394 e. The number of fused-ring (bicyclic) bond motifs is 3. The van der Waals surface area contributed by atoms with Crippen LogP contribution in [0.3, 0.4) is 0 Å². The first-order valence-corrected chi connectivity index (χ1v) is 11.4. The second-order valence-corrected chi connectivity index (χ2v) is 8.99. The van der Waals surface area contributed by atoms with Gasteiger partial charge in [0.15, 0.2) is 0 Å². The van der Waals surface area contributed by atoms with Crippen molar-refractivity contribution in [3.05, 3.63) is 53.8 Å². The highest BCUT2D eigenvalue weighted by atomic mass is 19.1. The highest BCUT2D eigenvalue weighted by molar-refractivity contribution is 5.80. The maximum absolute atomic E-state index is 14.5. The lowest BCUT2D eigenvalue weighted by Crippen LogP contribution is -2.50. The van der Waals surface area contributed by atoms with E-state index >= 15 is 0 Å². The molecule has 0 saturated carbocycles. The van der Waals surface area contributed by atoms with Crippen LogP contribution in [0.5, 0.6) is 0 Å². The molecule has 0 spiro atoms. The number of amides is 1. The van der Waals surface area contributed by atoms with Crippen molar-refractivity contribution in [2.45, 2.75) is 18.5 Å². The van der Waals surface area contributed by atoms with E-state index in [0.29, 0.717) is 31.9 Å². The van der Waals surface area contributed by atoms with E-state index in [2.05, 4.69) is 9.80 Å². The molecule has 0 bridgehead atoms. The third kappa shape index (κ3) is 3.68. The van der Waals surface area contributed by atoms with Gasteiger partial charge in [-0.15, -0.1) is 0 Å². The predicted molar refractivity (Wildman–Crippen MR) is 121 cm³/mol. The molecule has 2 saturated heterocycles. The number of ether oxygens (including phenoxy) is 1. The molecule has 3 aliphatic rings. The number of hydrogen-bond donors (Lipinski definition) is 1. The summed E-state index contributed by atoms with van der Waals surface area (Å²) in [6, 6.07) is 12.6. The smallest absolute Gasteiger partial charge is 0.237 e. The molecular weight excluding hydrogens is 409 g/mol. The van der Waals surface area contributed by atoms with Gasteiger partial charge in [-0.3, -0.25) is 9.69 Å². The van der Waals surface area contributed by atoms with E-state index in [1.165, 1.54) is 6.07 Å². The van der Waals surface area contributed by atoms with Crippen LogP contribution in [0.1, 0.15) is 18.0 Å². The van der Waals surface area contributed by atoms with E-state index in [1.54, 1.807) is 12.1 Å². The number of nitrogens with zero attached hydrogens (tertiary/aromatic N) is 3. The van der Waals surface area contributed by atoms with Crippen molar-refractivity contribution in [1.82, 2.24) is 9.80 Å². The second kappa shape index (κ2) is 8.81. The summed E-state index contributed by atoms with van der Waals surface area (Å²) in [6.07, 6.45) is 0.846. The van der Waals surface area contributed by atoms with Crippen LogP contribution in [0.2, 0.25) is 0 Å². The normalized spacial score (nSPS) is 25.5. The van der Waals surface area contributed by atoms with Crippen molar-refractivity contribution in [1.29, 1.82) is 0 Å². The van der Waals surface area contributed by atoms with Crippen LogP contribution in [0.25, 0.3) is 11.1 Å². The molecule has 7 heteroatoms. The van der Waals surface area contributed by atoms with Crippen molar-refractivity contribution in [2.24, 2.45) is 5.92 Å². The highest BCUT2D eigenvalue weighted by Crippen LogP contribution is 2.49. The number of carbonyl (C=O) groups excluding carboxylic acids is 1. The van der Waals surface area contributed by atoms with Gasteiger partial charge in [0.25, 0.3) is 0 Å². The largest absolute Gasteiger partial charge is 0.394 e. The first kappa shape index (κ1) is 21.4. The van der Waals surface area contributed by atoms with Gasteiger partial charge in [-0.05, 0) is 35.7 Å².